The molecule has 0 bridgehead atoms. The summed E-state index contributed by atoms with van der Waals surface area (Å²) in [5, 5.41) is 2.56. The Morgan fingerprint density at radius 2 is 1.76 bits per heavy atom. The highest BCUT2D eigenvalue weighted by molar-refractivity contribution is 6.44. The van der Waals surface area contributed by atoms with Gasteiger partial charge in [0.1, 0.15) is 5.75 Å². The SMILES string of the molecule is COc1cccc(NC(=O)C(=O)N(C)c2ccccc2)c1. The van der Waals surface area contributed by atoms with Crippen LogP contribution >= 0.6 is 0 Å². The number of likely N-dealkylation sites (N-methyl/N-ethyl adjacent to an activating group) is 1. The molecule has 0 saturated heterocycles. The van der Waals surface area contributed by atoms with E-state index in [2.05, 4.69) is 5.32 Å². The highest BCUT2D eigenvalue weighted by atomic mass is 16.5. The quantitative estimate of drug-likeness (QED) is 0.880. The van der Waals surface area contributed by atoms with E-state index in [0.29, 0.717) is 17.1 Å². The van der Waals surface area contributed by atoms with Gasteiger partial charge in [-0.2, -0.15) is 0 Å². The summed E-state index contributed by atoms with van der Waals surface area (Å²) in [5.74, 6) is -0.727. The van der Waals surface area contributed by atoms with Crippen LogP contribution in [-0.4, -0.2) is 26.0 Å². The van der Waals surface area contributed by atoms with Crippen molar-refractivity contribution >= 4 is 23.2 Å². The van der Waals surface area contributed by atoms with Crippen molar-refractivity contribution in [3.05, 3.63) is 54.6 Å². The Balaban J connectivity index is 2.07. The van der Waals surface area contributed by atoms with E-state index in [9.17, 15) is 9.59 Å². The molecule has 2 amide bonds. The first kappa shape index (κ1) is 14.6. The van der Waals surface area contributed by atoms with E-state index in [4.69, 9.17) is 4.74 Å². The number of nitrogens with zero attached hydrogens (tertiary/aromatic N) is 1. The first-order valence-corrected chi connectivity index (χ1v) is 6.40. The molecule has 0 fully saturated rings. The first-order valence-electron chi connectivity index (χ1n) is 6.40. The first-order chi connectivity index (χ1) is 10.1. The third kappa shape index (κ3) is 3.60. The van der Waals surface area contributed by atoms with Crippen molar-refractivity contribution in [3.8, 4) is 5.75 Å². The molecule has 5 nitrogen and oxygen atoms in total. The van der Waals surface area contributed by atoms with E-state index in [0.717, 1.165) is 0 Å². The lowest BCUT2D eigenvalue weighted by molar-refractivity contribution is -0.134. The second kappa shape index (κ2) is 6.56. The van der Waals surface area contributed by atoms with Gasteiger partial charge in [-0.25, -0.2) is 0 Å². The van der Waals surface area contributed by atoms with Crippen LogP contribution in [0.4, 0.5) is 11.4 Å². The standard InChI is InChI=1S/C16H16N2O3/c1-18(13-8-4-3-5-9-13)16(20)15(19)17-12-7-6-10-14(11-12)21-2/h3-11H,1-2H3,(H,17,19). The molecule has 0 aromatic heterocycles. The molecule has 108 valence electrons. The summed E-state index contributed by atoms with van der Waals surface area (Å²) in [6, 6.07) is 15.8. The number of carbonyl (C=O) groups excluding carboxylic acids is 2. The van der Waals surface area contributed by atoms with Crippen LogP contribution in [0.1, 0.15) is 0 Å². The van der Waals surface area contributed by atoms with Crippen LogP contribution in [0.3, 0.4) is 0 Å². The molecule has 0 aliphatic carbocycles. The molecule has 0 atom stereocenters. The predicted octanol–water partition coefficient (Wildman–Crippen LogP) is 2.30. The number of anilines is 2. The van der Waals surface area contributed by atoms with E-state index in [1.54, 1.807) is 55.6 Å². The predicted molar refractivity (Wildman–Crippen MR) is 81.5 cm³/mol. The van der Waals surface area contributed by atoms with E-state index in [1.807, 2.05) is 6.07 Å². The minimum atomic E-state index is -0.699. The number of rotatable bonds is 3. The Morgan fingerprint density at radius 1 is 1.05 bits per heavy atom. The van der Waals surface area contributed by atoms with E-state index in [1.165, 1.54) is 12.0 Å². The third-order valence-electron chi connectivity index (χ3n) is 2.97. The maximum atomic E-state index is 12.1. The van der Waals surface area contributed by atoms with Crippen LogP contribution in [0.2, 0.25) is 0 Å². The Labute approximate surface area is 123 Å². The molecule has 1 N–H and O–H groups in total. The summed E-state index contributed by atoms with van der Waals surface area (Å²) in [4.78, 5) is 25.4. The van der Waals surface area contributed by atoms with Crippen LogP contribution in [-0.2, 0) is 9.59 Å². The molecule has 0 unspecified atom stereocenters. The van der Waals surface area contributed by atoms with Gasteiger partial charge in [0.05, 0.1) is 7.11 Å². The summed E-state index contributed by atoms with van der Waals surface area (Å²) in [6.45, 7) is 0. The number of methoxy groups -OCH3 is 1. The van der Waals surface area contributed by atoms with E-state index < -0.39 is 11.8 Å². The average Bonchev–Trinajstić information content (AvgIpc) is 2.54. The van der Waals surface area contributed by atoms with E-state index in [-0.39, 0.29) is 0 Å². The minimum absolute atomic E-state index is 0.508. The lowest BCUT2D eigenvalue weighted by Gasteiger charge is -2.16. The number of nitrogens with one attached hydrogen (secondary N) is 1. The van der Waals surface area contributed by atoms with Gasteiger partial charge in [-0.05, 0) is 24.3 Å². The van der Waals surface area contributed by atoms with Crippen molar-refractivity contribution < 1.29 is 14.3 Å². The lowest BCUT2D eigenvalue weighted by atomic mass is 10.2. The maximum Gasteiger partial charge on any atom is 0.316 e. The molecular weight excluding hydrogens is 268 g/mol. The van der Waals surface area contributed by atoms with Crippen molar-refractivity contribution in [3.63, 3.8) is 0 Å². The fraction of sp³-hybridized carbons (Fsp3) is 0.125. The average molecular weight is 284 g/mol. The number of amides is 2. The zero-order valence-corrected chi connectivity index (χ0v) is 11.9. The molecule has 0 aliphatic heterocycles. The Bertz CT molecular complexity index is 641. The Hall–Kier alpha value is -2.82. The van der Waals surface area contributed by atoms with Gasteiger partial charge in [-0.1, -0.05) is 24.3 Å². The third-order valence-corrected chi connectivity index (χ3v) is 2.97. The molecular formula is C16H16N2O3. The van der Waals surface area contributed by atoms with Crippen LogP contribution in [0.15, 0.2) is 54.6 Å². The fourth-order valence-electron chi connectivity index (χ4n) is 1.81. The number of carbonyl (C=O) groups is 2. The van der Waals surface area contributed by atoms with Gasteiger partial charge in [0, 0.05) is 24.5 Å². The lowest BCUT2D eigenvalue weighted by Crippen LogP contribution is -2.37. The Morgan fingerprint density at radius 3 is 2.43 bits per heavy atom. The monoisotopic (exact) mass is 284 g/mol. The molecule has 2 aromatic rings. The fourth-order valence-corrected chi connectivity index (χ4v) is 1.81. The van der Waals surface area contributed by atoms with Gasteiger partial charge in [0.25, 0.3) is 0 Å². The highest BCUT2D eigenvalue weighted by Crippen LogP contribution is 2.17. The molecule has 21 heavy (non-hydrogen) atoms. The smallest absolute Gasteiger partial charge is 0.316 e. The molecule has 2 aromatic carbocycles. The van der Waals surface area contributed by atoms with Crippen LogP contribution in [0.5, 0.6) is 5.75 Å². The zero-order chi connectivity index (χ0) is 15.2. The van der Waals surface area contributed by atoms with Crippen molar-refractivity contribution in [1.29, 1.82) is 0 Å². The largest absolute Gasteiger partial charge is 0.497 e. The van der Waals surface area contributed by atoms with Gasteiger partial charge in [0.15, 0.2) is 0 Å². The molecule has 0 spiro atoms. The summed E-state index contributed by atoms with van der Waals surface area (Å²) in [6.07, 6.45) is 0. The second-order valence-corrected chi connectivity index (χ2v) is 4.39. The molecule has 0 radical (unpaired) electrons. The van der Waals surface area contributed by atoms with E-state index >= 15 is 0 Å². The number of benzene rings is 2. The van der Waals surface area contributed by atoms with Gasteiger partial charge < -0.3 is 15.0 Å². The van der Waals surface area contributed by atoms with Crippen LogP contribution < -0.4 is 15.0 Å². The van der Waals surface area contributed by atoms with Crippen LogP contribution in [0.25, 0.3) is 0 Å². The number of ether oxygens (including phenoxy) is 1. The summed E-state index contributed by atoms with van der Waals surface area (Å²) in [5.41, 5.74) is 1.16. The van der Waals surface area contributed by atoms with Crippen LogP contribution in [0, 0.1) is 0 Å². The van der Waals surface area contributed by atoms with Gasteiger partial charge >= 0.3 is 11.8 Å². The summed E-state index contributed by atoms with van der Waals surface area (Å²) < 4.78 is 5.07. The summed E-state index contributed by atoms with van der Waals surface area (Å²) >= 11 is 0. The molecule has 0 saturated carbocycles. The summed E-state index contributed by atoms with van der Waals surface area (Å²) in [7, 11) is 3.10. The normalized spacial score (nSPS) is 9.81. The molecule has 5 heteroatoms. The number of para-hydroxylation sites is 1. The molecule has 0 aliphatic rings. The van der Waals surface area contributed by atoms with Crippen molar-refractivity contribution in [2.75, 3.05) is 24.4 Å². The maximum absolute atomic E-state index is 12.1. The number of hydrogen-bond donors (Lipinski definition) is 1. The van der Waals surface area contributed by atoms with Crippen molar-refractivity contribution in [2.24, 2.45) is 0 Å². The topological polar surface area (TPSA) is 58.6 Å². The minimum Gasteiger partial charge on any atom is -0.497 e. The van der Waals surface area contributed by atoms with Crippen molar-refractivity contribution in [2.45, 2.75) is 0 Å². The highest BCUT2D eigenvalue weighted by Gasteiger charge is 2.19. The van der Waals surface area contributed by atoms with Gasteiger partial charge in [-0.3, -0.25) is 9.59 Å². The number of hydrogen-bond acceptors (Lipinski definition) is 3. The van der Waals surface area contributed by atoms with Crippen molar-refractivity contribution in [1.82, 2.24) is 0 Å². The van der Waals surface area contributed by atoms with Gasteiger partial charge in [0.2, 0.25) is 0 Å². The Kier molecular flexibility index (Phi) is 4.56. The second-order valence-electron chi connectivity index (χ2n) is 4.39. The molecule has 2 rings (SSSR count). The van der Waals surface area contributed by atoms with Gasteiger partial charge in [-0.15, -0.1) is 0 Å². The molecule has 0 heterocycles. The zero-order valence-electron chi connectivity index (χ0n) is 11.9.